The molecule has 0 fully saturated rings. The summed E-state index contributed by atoms with van der Waals surface area (Å²) >= 11 is 6.65. The van der Waals surface area contributed by atoms with Crippen molar-refractivity contribution in [2.45, 2.75) is 13.0 Å². The average molecular weight is 484 g/mol. The van der Waals surface area contributed by atoms with Gasteiger partial charge in [-0.15, -0.1) is 0 Å². The van der Waals surface area contributed by atoms with E-state index in [1.54, 1.807) is 7.05 Å². The number of benzene rings is 3. The second kappa shape index (κ2) is 7.75. The fraction of sp³-hybridized carbons (Fsp3) is 0.143. The van der Waals surface area contributed by atoms with Crippen molar-refractivity contribution < 1.29 is 4.74 Å². The second-order valence-electron chi connectivity index (χ2n) is 8.85. The van der Waals surface area contributed by atoms with Crippen LogP contribution in [0.15, 0.2) is 82.4 Å². The van der Waals surface area contributed by atoms with Crippen LogP contribution in [-0.4, -0.2) is 13.7 Å². The van der Waals surface area contributed by atoms with E-state index in [0.717, 1.165) is 32.6 Å². The third-order valence-corrected chi connectivity index (χ3v) is 7.06. The molecule has 5 aromatic rings. The smallest absolute Gasteiger partial charge is 0.331 e. The van der Waals surface area contributed by atoms with Crippen LogP contribution in [-0.2, 0) is 14.1 Å². The predicted molar refractivity (Wildman–Crippen MR) is 138 cm³/mol. The molecular weight excluding hydrogens is 462 g/mol. The summed E-state index contributed by atoms with van der Waals surface area (Å²) in [6.07, 6.45) is -0.627. The first kappa shape index (κ1) is 21.5. The lowest BCUT2D eigenvalue weighted by atomic mass is 10.0. The third kappa shape index (κ3) is 3.03. The number of aryl methyl sites for hydroxylation is 2. The molecule has 3 aromatic carbocycles. The first-order valence-corrected chi connectivity index (χ1v) is 11.7. The standard InChI is InChI=1S/C28H22ClN3O3/c1-16-12-14-17(15-13-16)23-22-24(30(2)28(34)31(3)27(22)33)25-26(18-8-4-5-9-19(18)29)35-21-11-7-6-10-20(21)32(23)25/h4-15,26H,1-3H3/t26-/m0/s1. The van der Waals surface area contributed by atoms with E-state index in [-0.39, 0.29) is 5.56 Å². The van der Waals surface area contributed by atoms with Crippen LogP contribution < -0.4 is 16.0 Å². The Morgan fingerprint density at radius 2 is 1.54 bits per heavy atom. The molecule has 6 nitrogen and oxygen atoms in total. The summed E-state index contributed by atoms with van der Waals surface area (Å²) in [6, 6.07) is 23.2. The SMILES string of the molecule is Cc1ccc(-c2c3c(=O)n(C)c(=O)n(C)c3c3n2-c2ccccc2O[C@H]3c2ccccc2Cl)cc1. The van der Waals surface area contributed by atoms with E-state index in [2.05, 4.69) is 4.57 Å². The van der Waals surface area contributed by atoms with E-state index >= 15 is 0 Å². The minimum absolute atomic E-state index is 0.351. The lowest BCUT2D eigenvalue weighted by Crippen LogP contribution is -2.37. The summed E-state index contributed by atoms with van der Waals surface area (Å²) in [4.78, 5) is 26.8. The quantitative estimate of drug-likeness (QED) is 0.349. The molecule has 0 spiro atoms. The summed E-state index contributed by atoms with van der Waals surface area (Å²) in [5, 5.41) is 1.01. The van der Waals surface area contributed by atoms with Gasteiger partial charge in [-0.25, -0.2) is 4.79 Å². The molecule has 174 valence electrons. The maximum absolute atomic E-state index is 13.7. The normalized spacial score (nSPS) is 14.5. The van der Waals surface area contributed by atoms with E-state index in [9.17, 15) is 9.59 Å². The van der Waals surface area contributed by atoms with Gasteiger partial charge in [0.15, 0.2) is 6.10 Å². The molecule has 7 heteroatoms. The molecule has 6 rings (SSSR count). The summed E-state index contributed by atoms with van der Waals surface area (Å²) in [5.74, 6) is 0.667. The van der Waals surface area contributed by atoms with Gasteiger partial charge in [0.1, 0.15) is 5.75 Å². The molecule has 0 aliphatic carbocycles. The highest BCUT2D eigenvalue weighted by atomic mass is 35.5. The summed E-state index contributed by atoms with van der Waals surface area (Å²) in [5.41, 5.74) is 4.74. The minimum Gasteiger partial charge on any atom is -0.477 e. The number of halogens is 1. The van der Waals surface area contributed by atoms with E-state index < -0.39 is 11.8 Å². The largest absolute Gasteiger partial charge is 0.477 e. The van der Waals surface area contributed by atoms with Crippen LogP contribution in [0, 0.1) is 6.92 Å². The molecule has 0 saturated carbocycles. The molecule has 1 atom stereocenters. The molecule has 0 radical (unpaired) electrons. The lowest BCUT2D eigenvalue weighted by Gasteiger charge is -2.30. The summed E-state index contributed by atoms with van der Waals surface area (Å²) in [7, 11) is 3.20. The zero-order valence-electron chi connectivity index (χ0n) is 19.4. The average Bonchev–Trinajstić information content (AvgIpc) is 3.23. The van der Waals surface area contributed by atoms with Gasteiger partial charge in [0.2, 0.25) is 0 Å². The molecule has 0 saturated heterocycles. The Kier molecular flexibility index (Phi) is 4.76. The highest BCUT2D eigenvalue weighted by Crippen LogP contribution is 2.47. The molecule has 0 N–H and O–H groups in total. The van der Waals surface area contributed by atoms with Crippen molar-refractivity contribution in [1.29, 1.82) is 0 Å². The number of para-hydroxylation sites is 2. The van der Waals surface area contributed by atoms with Crippen LogP contribution in [0.4, 0.5) is 0 Å². The zero-order chi connectivity index (χ0) is 24.4. The van der Waals surface area contributed by atoms with Crippen LogP contribution in [0.2, 0.25) is 5.02 Å². The lowest BCUT2D eigenvalue weighted by molar-refractivity contribution is 0.229. The highest BCUT2D eigenvalue weighted by molar-refractivity contribution is 6.31. The van der Waals surface area contributed by atoms with Crippen molar-refractivity contribution >= 4 is 22.5 Å². The van der Waals surface area contributed by atoms with Gasteiger partial charge in [0.25, 0.3) is 5.56 Å². The Morgan fingerprint density at radius 1 is 0.857 bits per heavy atom. The molecular formula is C28H22ClN3O3. The molecule has 2 aromatic heterocycles. The van der Waals surface area contributed by atoms with E-state index in [1.165, 1.54) is 11.6 Å². The molecule has 3 heterocycles. The van der Waals surface area contributed by atoms with Crippen LogP contribution in [0.1, 0.15) is 22.9 Å². The van der Waals surface area contributed by atoms with Crippen molar-refractivity contribution in [3.63, 3.8) is 0 Å². The number of rotatable bonds is 2. The first-order chi connectivity index (χ1) is 16.9. The molecule has 1 aliphatic rings. The number of aromatic nitrogens is 3. The molecule has 0 amide bonds. The van der Waals surface area contributed by atoms with Gasteiger partial charge in [-0.05, 0) is 30.7 Å². The van der Waals surface area contributed by atoms with Gasteiger partial charge in [-0.1, -0.05) is 71.8 Å². The Morgan fingerprint density at radius 3 is 2.29 bits per heavy atom. The van der Waals surface area contributed by atoms with E-state index in [1.807, 2.05) is 79.7 Å². The van der Waals surface area contributed by atoms with Gasteiger partial charge in [-0.2, -0.15) is 0 Å². The van der Waals surface area contributed by atoms with E-state index in [4.69, 9.17) is 16.3 Å². The molecule has 1 aliphatic heterocycles. The van der Waals surface area contributed by atoms with Gasteiger partial charge >= 0.3 is 5.69 Å². The van der Waals surface area contributed by atoms with Gasteiger partial charge < -0.3 is 9.30 Å². The molecule has 35 heavy (non-hydrogen) atoms. The monoisotopic (exact) mass is 483 g/mol. The van der Waals surface area contributed by atoms with Crippen LogP contribution in [0.25, 0.3) is 27.8 Å². The Hall–Kier alpha value is -4.03. The van der Waals surface area contributed by atoms with Gasteiger partial charge in [-0.3, -0.25) is 13.9 Å². The number of nitrogens with zero attached hydrogens (tertiary/aromatic N) is 3. The number of hydrogen-bond acceptors (Lipinski definition) is 3. The fourth-order valence-electron chi connectivity index (χ4n) is 5.00. The highest BCUT2D eigenvalue weighted by Gasteiger charge is 2.36. The molecule has 0 bridgehead atoms. The van der Waals surface area contributed by atoms with E-state index in [0.29, 0.717) is 27.4 Å². The topological polar surface area (TPSA) is 58.2 Å². The van der Waals surface area contributed by atoms with Crippen LogP contribution >= 0.6 is 11.6 Å². The maximum Gasteiger partial charge on any atom is 0.331 e. The second-order valence-corrected chi connectivity index (χ2v) is 9.26. The summed E-state index contributed by atoms with van der Waals surface area (Å²) in [6.45, 7) is 2.02. The number of hydrogen-bond donors (Lipinski definition) is 0. The zero-order valence-corrected chi connectivity index (χ0v) is 20.2. The van der Waals surface area contributed by atoms with Crippen molar-refractivity contribution in [2.75, 3.05) is 0 Å². The Balaban J connectivity index is 1.88. The number of fused-ring (bicyclic) bond motifs is 5. The molecule has 0 unspecified atom stereocenters. The van der Waals surface area contributed by atoms with Crippen molar-refractivity contribution in [3.05, 3.63) is 115 Å². The first-order valence-electron chi connectivity index (χ1n) is 11.3. The van der Waals surface area contributed by atoms with Gasteiger partial charge in [0.05, 0.1) is 28.0 Å². The minimum atomic E-state index is -0.627. The predicted octanol–water partition coefficient (Wildman–Crippen LogP) is 5.14. The Bertz CT molecular complexity index is 1760. The van der Waals surface area contributed by atoms with Crippen molar-refractivity contribution in [1.82, 2.24) is 13.7 Å². The third-order valence-electron chi connectivity index (χ3n) is 6.72. The fourth-order valence-corrected chi connectivity index (χ4v) is 5.23. The van der Waals surface area contributed by atoms with Crippen molar-refractivity contribution in [2.24, 2.45) is 14.1 Å². The van der Waals surface area contributed by atoms with Crippen LogP contribution in [0.5, 0.6) is 5.75 Å². The Labute approximate surface area is 206 Å². The number of ether oxygens (including phenoxy) is 1. The van der Waals surface area contributed by atoms with Crippen molar-refractivity contribution in [3.8, 4) is 22.7 Å². The van der Waals surface area contributed by atoms with Gasteiger partial charge in [0, 0.05) is 24.7 Å². The maximum atomic E-state index is 13.7. The summed E-state index contributed by atoms with van der Waals surface area (Å²) < 4.78 is 11.3. The van der Waals surface area contributed by atoms with Crippen LogP contribution in [0.3, 0.4) is 0 Å².